The average molecular weight is 540 g/mol. The van der Waals surface area contributed by atoms with Gasteiger partial charge in [-0.3, -0.25) is 14.3 Å². The summed E-state index contributed by atoms with van der Waals surface area (Å²) in [6.07, 6.45) is -0.178. The average Bonchev–Trinajstić information content (AvgIpc) is 3.17. The molecule has 0 amide bonds. The van der Waals surface area contributed by atoms with Crippen molar-refractivity contribution in [2.45, 2.75) is 44.6 Å². The molecule has 1 aromatic rings. The Morgan fingerprint density at radius 1 is 1.34 bits per heavy atom. The third-order valence-corrected chi connectivity index (χ3v) is 7.50. The maximum Gasteiger partial charge on any atom is 0.589 e. The van der Waals surface area contributed by atoms with Crippen molar-refractivity contribution in [2.75, 3.05) is 46.1 Å². The Morgan fingerprint density at radius 3 is 2.71 bits per heavy atom. The number of H-pyrrole nitrogens is 1. The fourth-order valence-electron chi connectivity index (χ4n) is 3.39. The molecule has 2 N–H and O–H groups in total. The number of aromatic amines is 1. The molecule has 198 valence electrons. The fourth-order valence-corrected chi connectivity index (χ4v) is 5.05. The summed E-state index contributed by atoms with van der Waals surface area (Å²) in [4.78, 5) is 38.0. The zero-order valence-corrected chi connectivity index (χ0v) is 21.6. The van der Waals surface area contributed by atoms with Crippen LogP contribution in [0.25, 0.3) is 0 Å². The van der Waals surface area contributed by atoms with Crippen LogP contribution in [0, 0.1) is 5.92 Å². The van der Waals surface area contributed by atoms with E-state index in [4.69, 9.17) is 28.2 Å². The van der Waals surface area contributed by atoms with Crippen molar-refractivity contribution in [3.63, 3.8) is 0 Å². The molecule has 0 saturated carbocycles. The number of rotatable bonds is 15. The molecule has 0 radical (unpaired) electrons. The first-order chi connectivity index (χ1) is 16.8. The molecule has 0 bridgehead atoms. The number of nitrogens with zero attached hydrogens (tertiary/aromatic N) is 1. The van der Waals surface area contributed by atoms with Gasteiger partial charge in [-0.2, -0.15) is 0 Å². The van der Waals surface area contributed by atoms with Crippen molar-refractivity contribution >= 4 is 24.8 Å². The smallest absolute Gasteiger partial charge is 0.434 e. The SMILES string of the molecule is CCC(CC)COC(=O)OCS[P+](=O)O[C@@H]1[C@@H](CO)OC[C@]1(OCCOC)n1ccc(=O)[nH]c1=O. The van der Waals surface area contributed by atoms with E-state index < -0.39 is 49.2 Å². The molecule has 35 heavy (non-hydrogen) atoms. The normalized spacial score (nSPS) is 22.4. The Bertz CT molecular complexity index is 938. The molecule has 1 aliphatic rings. The number of methoxy groups -OCH3 is 1. The summed E-state index contributed by atoms with van der Waals surface area (Å²) < 4.78 is 45.9. The third-order valence-electron chi connectivity index (χ3n) is 5.46. The molecule has 0 aromatic carbocycles. The monoisotopic (exact) mass is 539 g/mol. The van der Waals surface area contributed by atoms with Crippen LogP contribution in [0.5, 0.6) is 0 Å². The lowest BCUT2D eigenvalue weighted by atomic mass is 10.1. The van der Waals surface area contributed by atoms with Crippen molar-refractivity contribution in [1.82, 2.24) is 9.55 Å². The maximum atomic E-state index is 12.7. The summed E-state index contributed by atoms with van der Waals surface area (Å²) >= 11 is 0.682. The summed E-state index contributed by atoms with van der Waals surface area (Å²) in [5.41, 5.74) is -3.09. The van der Waals surface area contributed by atoms with Gasteiger partial charge in [0.15, 0.2) is 12.0 Å². The number of hydrogen-bond donors (Lipinski definition) is 2. The van der Waals surface area contributed by atoms with Crippen LogP contribution in [0.4, 0.5) is 4.79 Å². The van der Waals surface area contributed by atoms with Gasteiger partial charge >= 0.3 is 19.1 Å². The first-order valence-corrected chi connectivity index (χ1v) is 13.8. The van der Waals surface area contributed by atoms with Crippen LogP contribution < -0.4 is 11.2 Å². The largest absolute Gasteiger partial charge is 0.589 e. The molecule has 1 fully saturated rings. The van der Waals surface area contributed by atoms with Gasteiger partial charge in [-0.15, -0.1) is 4.52 Å². The Balaban J connectivity index is 2.10. The fraction of sp³-hybridized carbons (Fsp3) is 0.750. The first kappa shape index (κ1) is 29.4. The van der Waals surface area contributed by atoms with Crippen LogP contribution in [0.15, 0.2) is 21.9 Å². The van der Waals surface area contributed by atoms with Crippen LogP contribution in [0.2, 0.25) is 0 Å². The van der Waals surface area contributed by atoms with Crippen LogP contribution >= 0.6 is 18.6 Å². The number of carbonyl (C=O) groups is 1. The van der Waals surface area contributed by atoms with Gasteiger partial charge in [0.05, 0.1) is 33.0 Å². The maximum absolute atomic E-state index is 12.7. The van der Waals surface area contributed by atoms with Gasteiger partial charge in [-0.25, -0.2) is 9.59 Å². The number of ether oxygens (including phenoxy) is 5. The van der Waals surface area contributed by atoms with Crippen molar-refractivity contribution in [2.24, 2.45) is 5.92 Å². The van der Waals surface area contributed by atoms with Gasteiger partial charge in [0, 0.05) is 19.4 Å². The lowest BCUT2D eigenvalue weighted by molar-refractivity contribution is -0.160. The van der Waals surface area contributed by atoms with E-state index in [0.29, 0.717) is 11.4 Å². The number of aliphatic hydroxyl groups is 1. The van der Waals surface area contributed by atoms with Crippen LogP contribution in [-0.4, -0.2) is 79.1 Å². The summed E-state index contributed by atoms with van der Waals surface area (Å²) in [6, 6.07) is 1.11. The molecule has 13 nitrogen and oxygen atoms in total. The minimum atomic E-state index is -2.52. The second kappa shape index (κ2) is 14.7. The summed E-state index contributed by atoms with van der Waals surface area (Å²) in [5, 5.41) is 9.79. The molecule has 1 aromatic heterocycles. The molecule has 4 atom stereocenters. The van der Waals surface area contributed by atoms with Gasteiger partial charge in [0.2, 0.25) is 17.1 Å². The summed E-state index contributed by atoms with van der Waals surface area (Å²) in [6.45, 7) is 3.60. The van der Waals surface area contributed by atoms with Gasteiger partial charge in [-0.1, -0.05) is 26.7 Å². The van der Waals surface area contributed by atoms with E-state index in [1.165, 1.54) is 13.3 Å². The number of aromatic nitrogens is 2. The highest BCUT2D eigenvalue weighted by Gasteiger charge is 2.58. The summed E-state index contributed by atoms with van der Waals surface area (Å²) in [7, 11) is -1.06. The Morgan fingerprint density at radius 2 is 2.09 bits per heavy atom. The highest BCUT2D eigenvalue weighted by atomic mass is 32.7. The Kier molecular flexibility index (Phi) is 12.3. The Labute approximate surface area is 207 Å². The molecule has 1 aliphatic heterocycles. The second-order valence-electron chi connectivity index (χ2n) is 7.58. The molecule has 0 aliphatic carbocycles. The molecule has 1 saturated heterocycles. The molecule has 2 heterocycles. The van der Waals surface area contributed by atoms with Crippen LogP contribution in [0.1, 0.15) is 26.7 Å². The predicted octanol–water partition coefficient (Wildman–Crippen LogP) is 1.57. The van der Waals surface area contributed by atoms with Crippen LogP contribution in [-0.2, 0) is 38.5 Å². The zero-order chi connectivity index (χ0) is 25.8. The van der Waals surface area contributed by atoms with Crippen molar-refractivity contribution in [3.05, 3.63) is 33.1 Å². The lowest BCUT2D eigenvalue weighted by Crippen LogP contribution is -2.55. The van der Waals surface area contributed by atoms with E-state index in [-0.39, 0.29) is 38.3 Å². The molecule has 2 rings (SSSR count). The van der Waals surface area contributed by atoms with E-state index in [0.717, 1.165) is 23.5 Å². The van der Waals surface area contributed by atoms with Gasteiger partial charge in [0.1, 0.15) is 6.10 Å². The minimum Gasteiger partial charge on any atom is -0.434 e. The van der Waals surface area contributed by atoms with Crippen molar-refractivity contribution in [3.8, 4) is 0 Å². The topological polar surface area (TPSA) is 165 Å². The highest BCUT2D eigenvalue weighted by molar-refractivity contribution is 8.50. The van der Waals surface area contributed by atoms with E-state index in [9.17, 15) is 24.1 Å². The number of hydrogen-bond acceptors (Lipinski definition) is 12. The molecular formula is C20H32N2O11PS+. The van der Waals surface area contributed by atoms with Gasteiger partial charge < -0.3 is 28.8 Å². The number of aliphatic hydroxyl groups excluding tert-OH is 1. The number of nitrogens with one attached hydrogen (secondary N) is 1. The van der Waals surface area contributed by atoms with Crippen LogP contribution in [0.3, 0.4) is 0 Å². The highest BCUT2D eigenvalue weighted by Crippen LogP contribution is 2.46. The molecular weight excluding hydrogens is 507 g/mol. The quantitative estimate of drug-likeness (QED) is 0.143. The van der Waals surface area contributed by atoms with Crippen molar-refractivity contribution in [1.29, 1.82) is 0 Å². The third kappa shape index (κ3) is 8.10. The number of carbonyl (C=O) groups excluding carboxylic acids is 1. The molecule has 0 spiro atoms. The zero-order valence-electron chi connectivity index (χ0n) is 19.9. The first-order valence-electron chi connectivity index (χ1n) is 11.1. The van der Waals surface area contributed by atoms with Gasteiger partial charge in [-0.05, 0) is 10.5 Å². The minimum absolute atomic E-state index is 0.00116. The molecule has 1 unspecified atom stereocenters. The Hall–Kier alpha value is -1.80. The van der Waals surface area contributed by atoms with Crippen molar-refractivity contribution < 1.29 is 42.7 Å². The summed E-state index contributed by atoms with van der Waals surface area (Å²) in [5.74, 6) is -0.0831. The van der Waals surface area contributed by atoms with E-state index >= 15 is 0 Å². The second-order valence-corrected chi connectivity index (χ2v) is 10.4. The van der Waals surface area contributed by atoms with E-state index in [1.807, 2.05) is 13.8 Å². The molecule has 15 heteroatoms. The predicted molar refractivity (Wildman–Crippen MR) is 125 cm³/mol. The lowest BCUT2D eigenvalue weighted by Gasteiger charge is -2.33. The standard InChI is InChI=1S/C20H31N2O11PS/c1-4-14(5-2)11-29-19(26)31-13-35-34(27)33-17-15(10-23)30-12-20(17,32-9-8-28-3)22-7-6-16(24)21-18(22)25/h6-7,14-15,17,23H,4-5,8-13H2,1-3H3/p+1/t15-,17-,20-/m1/s1. The van der Waals surface area contributed by atoms with E-state index in [2.05, 4.69) is 4.98 Å². The van der Waals surface area contributed by atoms with E-state index in [1.54, 1.807) is 0 Å². The van der Waals surface area contributed by atoms with Gasteiger partial charge in [0.25, 0.3) is 5.56 Å².